The van der Waals surface area contributed by atoms with Crippen LogP contribution >= 0.6 is 22.7 Å². The Balaban J connectivity index is 1.42. The molecule has 0 bridgehead atoms. The highest BCUT2D eigenvalue weighted by atomic mass is 32.1. The molecule has 5 aromatic rings. The predicted octanol–water partition coefficient (Wildman–Crippen LogP) is 5.41. The fraction of sp³-hybridized carbons (Fsp3) is 0.100. The summed E-state index contributed by atoms with van der Waals surface area (Å²) in [7, 11) is 0. The van der Waals surface area contributed by atoms with E-state index in [1.807, 2.05) is 35.7 Å². The van der Waals surface area contributed by atoms with Gasteiger partial charge >= 0.3 is 0 Å². The normalized spacial score (nSPS) is 15.0. The summed E-state index contributed by atoms with van der Waals surface area (Å²) >= 11 is 2.67. The van der Waals surface area contributed by atoms with Crippen molar-refractivity contribution in [2.45, 2.75) is 19.9 Å². The van der Waals surface area contributed by atoms with E-state index in [2.05, 4.69) is 10.3 Å². The average molecular weight is 583 g/mol. The average Bonchev–Trinajstić information content (AvgIpc) is 3.70. The highest BCUT2D eigenvalue weighted by Gasteiger charge is 2.33. The molecule has 0 saturated heterocycles. The molecule has 0 saturated carbocycles. The summed E-state index contributed by atoms with van der Waals surface area (Å²) in [6, 6.07) is 20.5. The van der Waals surface area contributed by atoms with Crippen LogP contribution in [0.1, 0.15) is 29.2 Å². The number of thiophene rings is 1. The van der Waals surface area contributed by atoms with Crippen molar-refractivity contribution in [3.63, 3.8) is 0 Å². The molecule has 1 N–H and O–H groups in total. The molecule has 2 aromatic carbocycles. The van der Waals surface area contributed by atoms with Crippen molar-refractivity contribution < 1.29 is 14.1 Å². The van der Waals surface area contributed by atoms with Gasteiger partial charge in [-0.25, -0.2) is 4.99 Å². The van der Waals surface area contributed by atoms with Crippen LogP contribution in [0, 0.1) is 17.0 Å². The van der Waals surface area contributed by atoms with E-state index in [4.69, 9.17) is 4.42 Å². The van der Waals surface area contributed by atoms with E-state index in [0.29, 0.717) is 48.9 Å². The SMILES string of the molecule is CC1=C(C(=O)Nc2ccccc2)[C@@H](c2cccs2)n2c(s/c(=C\c3ccc(-c4cccc([N+](=O)[O-])c4C)o3)c2=O)=N1. The molecule has 0 radical (unpaired) electrons. The molecule has 0 fully saturated rings. The molecule has 11 heteroatoms. The Labute approximate surface area is 241 Å². The zero-order valence-electron chi connectivity index (χ0n) is 21.9. The zero-order chi connectivity index (χ0) is 28.7. The predicted molar refractivity (Wildman–Crippen MR) is 159 cm³/mol. The molecule has 1 amide bonds. The van der Waals surface area contributed by atoms with Gasteiger partial charge in [0.1, 0.15) is 17.6 Å². The standard InChI is InChI=1S/C30H22N4O5S2/c1-17-21(10-6-11-22(17)34(37)38)23-14-13-20(39-23)16-25-29(36)33-27(24-12-7-15-40-24)26(18(2)31-30(33)41-25)28(35)32-19-8-4-3-5-9-19/h3-16,27H,1-2H3,(H,32,35)/b25-16-/t27-/m1/s1. The lowest BCUT2D eigenvalue weighted by Crippen LogP contribution is -2.40. The molecule has 204 valence electrons. The van der Waals surface area contributed by atoms with Gasteiger partial charge in [0.25, 0.3) is 17.2 Å². The van der Waals surface area contributed by atoms with Crippen LogP contribution in [-0.4, -0.2) is 15.4 Å². The van der Waals surface area contributed by atoms with E-state index in [1.54, 1.807) is 60.9 Å². The molecule has 0 spiro atoms. The number of furan rings is 1. The van der Waals surface area contributed by atoms with Crippen LogP contribution in [0.3, 0.4) is 0 Å². The van der Waals surface area contributed by atoms with Crippen LogP contribution in [0.2, 0.25) is 0 Å². The maximum atomic E-state index is 13.8. The number of allylic oxidation sites excluding steroid dienone is 1. The molecule has 9 nitrogen and oxygen atoms in total. The quantitative estimate of drug-likeness (QED) is 0.212. The van der Waals surface area contributed by atoms with Gasteiger partial charge in [0.15, 0.2) is 4.80 Å². The number of nitrogens with zero attached hydrogens (tertiary/aromatic N) is 3. The fourth-order valence-corrected chi connectivity index (χ4v) is 6.69. The maximum Gasteiger partial charge on any atom is 0.273 e. The molecule has 4 heterocycles. The minimum atomic E-state index is -0.642. The Kier molecular flexibility index (Phi) is 6.82. The first-order valence-corrected chi connectivity index (χ1v) is 14.3. The van der Waals surface area contributed by atoms with Gasteiger partial charge in [-0.2, -0.15) is 0 Å². The molecule has 0 aliphatic carbocycles. The first-order valence-electron chi connectivity index (χ1n) is 12.6. The smallest absolute Gasteiger partial charge is 0.273 e. The third-order valence-corrected chi connectivity index (χ3v) is 8.69. The van der Waals surface area contributed by atoms with Crippen molar-refractivity contribution in [3.8, 4) is 11.3 Å². The van der Waals surface area contributed by atoms with E-state index >= 15 is 0 Å². The largest absolute Gasteiger partial charge is 0.457 e. The number of para-hydroxylation sites is 1. The first kappa shape index (κ1) is 26.4. The second-order valence-electron chi connectivity index (χ2n) is 9.33. The number of thiazole rings is 1. The zero-order valence-corrected chi connectivity index (χ0v) is 23.5. The van der Waals surface area contributed by atoms with Gasteiger partial charge in [0.05, 0.1) is 20.7 Å². The summed E-state index contributed by atoms with van der Waals surface area (Å²) in [5.41, 5.74) is 2.38. The van der Waals surface area contributed by atoms with Crippen molar-refractivity contribution in [1.82, 2.24) is 4.57 Å². The maximum absolute atomic E-state index is 13.8. The number of amides is 1. The number of rotatable bonds is 6. The van der Waals surface area contributed by atoms with Crippen LogP contribution in [0.5, 0.6) is 0 Å². The topological polar surface area (TPSA) is 120 Å². The summed E-state index contributed by atoms with van der Waals surface area (Å²) in [4.78, 5) is 44.3. The van der Waals surface area contributed by atoms with Crippen LogP contribution in [0.15, 0.2) is 104 Å². The minimum Gasteiger partial charge on any atom is -0.457 e. The summed E-state index contributed by atoms with van der Waals surface area (Å²) in [6.45, 7) is 3.45. The molecule has 41 heavy (non-hydrogen) atoms. The Morgan fingerprint density at radius 2 is 1.88 bits per heavy atom. The second-order valence-corrected chi connectivity index (χ2v) is 11.3. The molecule has 1 aliphatic heterocycles. The Morgan fingerprint density at radius 1 is 1.07 bits per heavy atom. The number of nitro benzene ring substituents is 1. The van der Waals surface area contributed by atoms with Gasteiger partial charge in [0, 0.05) is 33.8 Å². The number of benzene rings is 2. The number of aromatic nitrogens is 1. The van der Waals surface area contributed by atoms with Crippen LogP contribution in [-0.2, 0) is 4.79 Å². The number of carbonyl (C=O) groups is 1. The third-order valence-electron chi connectivity index (χ3n) is 6.78. The second kappa shape index (κ2) is 10.6. The number of hydrogen-bond acceptors (Lipinski definition) is 8. The number of hydrogen-bond donors (Lipinski definition) is 1. The number of nitrogens with one attached hydrogen (secondary N) is 1. The van der Waals surface area contributed by atoms with Gasteiger partial charge in [0.2, 0.25) is 0 Å². The van der Waals surface area contributed by atoms with Gasteiger partial charge in [-0.15, -0.1) is 11.3 Å². The van der Waals surface area contributed by atoms with E-state index in [0.717, 1.165) is 4.88 Å². The number of anilines is 1. The van der Waals surface area contributed by atoms with E-state index < -0.39 is 11.0 Å². The summed E-state index contributed by atoms with van der Waals surface area (Å²) < 4.78 is 7.95. The van der Waals surface area contributed by atoms with Crippen LogP contribution in [0.4, 0.5) is 11.4 Å². The third kappa shape index (κ3) is 4.85. The summed E-state index contributed by atoms with van der Waals surface area (Å²) in [6.07, 6.45) is 1.63. The molecular formula is C30H22N4O5S2. The minimum absolute atomic E-state index is 0.00446. The molecule has 1 atom stereocenters. The molecule has 3 aromatic heterocycles. The van der Waals surface area contributed by atoms with Crippen molar-refractivity contribution in [1.29, 1.82) is 0 Å². The monoisotopic (exact) mass is 582 g/mol. The van der Waals surface area contributed by atoms with E-state index in [-0.39, 0.29) is 17.2 Å². The summed E-state index contributed by atoms with van der Waals surface area (Å²) in [5.74, 6) is 0.548. The summed E-state index contributed by atoms with van der Waals surface area (Å²) in [5, 5.41) is 16.2. The lowest BCUT2D eigenvalue weighted by molar-refractivity contribution is -0.385. The highest BCUT2D eigenvalue weighted by Crippen LogP contribution is 2.34. The number of fused-ring (bicyclic) bond motifs is 1. The Bertz CT molecular complexity index is 2020. The number of nitro groups is 1. The Hall–Kier alpha value is -4.87. The van der Waals surface area contributed by atoms with Gasteiger partial charge in [-0.05, 0) is 49.6 Å². The van der Waals surface area contributed by atoms with Crippen molar-refractivity contribution in [2.24, 2.45) is 4.99 Å². The van der Waals surface area contributed by atoms with Crippen molar-refractivity contribution in [2.75, 3.05) is 5.32 Å². The molecule has 0 unspecified atom stereocenters. The van der Waals surface area contributed by atoms with Gasteiger partial charge in [-0.3, -0.25) is 24.3 Å². The molecular weight excluding hydrogens is 560 g/mol. The first-order chi connectivity index (χ1) is 19.8. The molecule has 6 rings (SSSR count). The van der Waals surface area contributed by atoms with Crippen LogP contribution < -0.4 is 20.2 Å². The van der Waals surface area contributed by atoms with E-state index in [1.165, 1.54) is 28.7 Å². The van der Waals surface area contributed by atoms with E-state index in [9.17, 15) is 19.7 Å². The lowest BCUT2D eigenvalue weighted by atomic mass is 10.0. The lowest BCUT2D eigenvalue weighted by Gasteiger charge is -2.24. The van der Waals surface area contributed by atoms with Gasteiger partial charge in [-0.1, -0.05) is 47.7 Å². The highest BCUT2D eigenvalue weighted by molar-refractivity contribution is 7.10. The van der Waals surface area contributed by atoms with Crippen LogP contribution in [0.25, 0.3) is 17.4 Å². The van der Waals surface area contributed by atoms with Gasteiger partial charge < -0.3 is 9.73 Å². The fourth-order valence-electron chi connectivity index (χ4n) is 4.84. The number of carbonyl (C=O) groups excluding carboxylic acids is 1. The van der Waals surface area contributed by atoms with Crippen molar-refractivity contribution >= 4 is 46.0 Å². The molecule has 1 aliphatic rings. The Morgan fingerprint density at radius 3 is 2.61 bits per heavy atom. The van der Waals surface area contributed by atoms with Crippen molar-refractivity contribution in [3.05, 3.63) is 135 Å².